The molecule has 5 heteroatoms. The lowest BCUT2D eigenvalue weighted by atomic mass is 9.90. The molecule has 1 N–H and O–H groups in total. The minimum atomic E-state index is -0.750. The van der Waals surface area contributed by atoms with Crippen molar-refractivity contribution in [3.8, 4) is 0 Å². The smallest absolute Gasteiger partial charge is 0.324 e. The molecule has 1 aromatic carbocycles. The fraction of sp³-hybridized carbons (Fsp3) is 0.533. The van der Waals surface area contributed by atoms with E-state index in [2.05, 4.69) is 0 Å². The summed E-state index contributed by atoms with van der Waals surface area (Å²) >= 11 is 12.2. The zero-order chi connectivity index (χ0) is 14.8. The fourth-order valence-corrected chi connectivity index (χ4v) is 3.45. The lowest BCUT2D eigenvalue weighted by Gasteiger charge is -2.35. The van der Waals surface area contributed by atoms with Crippen LogP contribution in [0.2, 0.25) is 10.0 Å². The molecule has 1 saturated heterocycles. The second-order valence-corrected chi connectivity index (χ2v) is 6.19. The molecular weight excluding hydrogens is 297 g/mol. The van der Waals surface area contributed by atoms with Crippen molar-refractivity contribution in [3.63, 3.8) is 0 Å². The van der Waals surface area contributed by atoms with Crippen LogP contribution in [-0.2, 0) is 11.3 Å². The summed E-state index contributed by atoms with van der Waals surface area (Å²) in [6, 6.07) is 5.33. The quantitative estimate of drug-likeness (QED) is 0.884. The van der Waals surface area contributed by atoms with Crippen LogP contribution in [-0.4, -0.2) is 28.1 Å². The number of likely N-dealkylation sites (tertiary alicyclic amines) is 1. The topological polar surface area (TPSA) is 40.5 Å². The molecule has 2 rings (SSSR count). The van der Waals surface area contributed by atoms with Crippen LogP contribution >= 0.6 is 23.2 Å². The third kappa shape index (κ3) is 2.95. The minimum Gasteiger partial charge on any atom is -0.480 e. The van der Waals surface area contributed by atoms with Crippen LogP contribution in [0.25, 0.3) is 0 Å². The number of aliphatic carboxylic acids is 1. The second-order valence-electron chi connectivity index (χ2n) is 5.35. The van der Waals surface area contributed by atoms with Crippen molar-refractivity contribution in [2.45, 2.75) is 44.7 Å². The highest BCUT2D eigenvalue weighted by Gasteiger charge is 2.46. The lowest BCUT2D eigenvalue weighted by molar-refractivity contribution is -0.150. The first-order chi connectivity index (χ1) is 9.49. The number of carbonyl (C=O) groups is 1. The Bertz CT molecular complexity index is 507. The maximum absolute atomic E-state index is 11.8. The maximum atomic E-state index is 11.8. The molecule has 110 valence electrons. The average molecular weight is 316 g/mol. The summed E-state index contributed by atoms with van der Waals surface area (Å²) in [5.41, 5.74) is 0.142. The summed E-state index contributed by atoms with van der Waals surface area (Å²) in [5, 5.41) is 10.9. The molecule has 3 nitrogen and oxygen atoms in total. The van der Waals surface area contributed by atoms with Gasteiger partial charge in [0, 0.05) is 16.6 Å². The first-order valence-corrected chi connectivity index (χ1v) is 7.67. The largest absolute Gasteiger partial charge is 0.480 e. The van der Waals surface area contributed by atoms with E-state index in [0.717, 1.165) is 24.9 Å². The average Bonchev–Trinajstić information content (AvgIpc) is 2.79. The SMILES string of the molecule is CCCC1(C(=O)O)CCCN1Cc1cc(Cl)ccc1Cl. The van der Waals surface area contributed by atoms with E-state index >= 15 is 0 Å². The molecule has 1 atom stereocenters. The number of halogens is 2. The number of nitrogens with zero attached hydrogens (tertiary/aromatic N) is 1. The highest BCUT2D eigenvalue weighted by atomic mass is 35.5. The number of carboxylic acid groups (broad SMARTS) is 1. The third-order valence-electron chi connectivity index (χ3n) is 4.05. The summed E-state index contributed by atoms with van der Waals surface area (Å²) in [6.07, 6.45) is 3.13. The molecular formula is C15H19Cl2NO2. The van der Waals surface area contributed by atoms with Gasteiger partial charge in [-0.3, -0.25) is 9.69 Å². The Hall–Kier alpha value is -0.770. The summed E-state index contributed by atoms with van der Waals surface area (Å²) in [4.78, 5) is 13.8. The van der Waals surface area contributed by atoms with E-state index in [0.29, 0.717) is 29.4 Å². The van der Waals surface area contributed by atoms with E-state index in [1.54, 1.807) is 12.1 Å². The molecule has 0 aromatic heterocycles. The van der Waals surface area contributed by atoms with Gasteiger partial charge in [-0.05, 0) is 49.6 Å². The van der Waals surface area contributed by atoms with Gasteiger partial charge in [0.25, 0.3) is 0 Å². The van der Waals surface area contributed by atoms with Gasteiger partial charge in [0.15, 0.2) is 0 Å². The van der Waals surface area contributed by atoms with Crippen molar-refractivity contribution in [3.05, 3.63) is 33.8 Å². The normalized spacial score (nSPS) is 23.1. The van der Waals surface area contributed by atoms with Gasteiger partial charge in [-0.25, -0.2) is 0 Å². The first kappa shape index (κ1) is 15.6. The molecule has 0 spiro atoms. The molecule has 1 heterocycles. The standard InChI is InChI=1S/C15H19Cl2NO2/c1-2-6-15(14(19)20)7-3-8-18(15)10-11-9-12(16)4-5-13(11)17/h4-5,9H,2-3,6-8,10H2,1H3,(H,19,20). The van der Waals surface area contributed by atoms with Crippen molar-refractivity contribution in [2.24, 2.45) is 0 Å². The first-order valence-electron chi connectivity index (χ1n) is 6.92. The molecule has 1 fully saturated rings. The molecule has 0 radical (unpaired) electrons. The van der Waals surface area contributed by atoms with E-state index < -0.39 is 11.5 Å². The molecule has 1 aliphatic rings. The Kier molecular flexibility index (Phi) is 4.95. The Labute approximate surface area is 129 Å². The molecule has 0 aliphatic carbocycles. The Morgan fingerprint density at radius 2 is 2.20 bits per heavy atom. The van der Waals surface area contributed by atoms with Gasteiger partial charge in [-0.1, -0.05) is 36.5 Å². The van der Waals surface area contributed by atoms with Crippen molar-refractivity contribution < 1.29 is 9.90 Å². The van der Waals surface area contributed by atoms with Crippen molar-refractivity contribution in [2.75, 3.05) is 6.54 Å². The number of benzene rings is 1. The molecule has 0 amide bonds. The molecule has 1 aliphatic heterocycles. The van der Waals surface area contributed by atoms with Gasteiger partial charge in [-0.2, -0.15) is 0 Å². The summed E-state index contributed by atoms with van der Waals surface area (Å²) < 4.78 is 0. The van der Waals surface area contributed by atoms with Crippen LogP contribution in [0.4, 0.5) is 0 Å². The zero-order valence-electron chi connectivity index (χ0n) is 11.5. The predicted octanol–water partition coefficient (Wildman–Crippen LogP) is 4.21. The van der Waals surface area contributed by atoms with Crippen LogP contribution < -0.4 is 0 Å². The number of carboxylic acids is 1. The number of rotatable bonds is 5. The third-order valence-corrected chi connectivity index (χ3v) is 4.66. The van der Waals surface area contributed by atoms with E-state index in [1.165, 1.54) is 0 Å². The van der Waals surface area contributed by atoms with Crippen LogP contribution in [0, 0.1) is 0 Å². The highest BCUT2D eigenvalue weighted by Crippen LogP contribution is 2.36. The van der Waals surface area contributed by atoms with Gasteiger partial charge in [0.05, 0.1) is 0 Å². The molecule has 1 unspecified atom stereocenters. The monoisotopic (exact) mass is 315 g/mol. The Morgan fingerprint density at radius 1 is 1.45 bits per heavy atom. The van der Waals surface area contributed by atoms with Gasteiger partial charge in [0.1, 0.15) is 5.54 Å². The number of hydrogen-bond donors (Lipinski definition) is 1. The van der Waals surface area contributed by atoms with E-state index in [-0.39, 0.29) is 0 Å². The van der Waals surface area contributed by atoms with Gasteiger partial charge < -0.3 is 5.11 Å². The maximum Gasteiger partial charge on any atom is 0.324 e. The molecule has 0 saturated carbocycles. The highest BCUT2D eigenvalue weighted by molar-refractivity contribution is 6.33. The van der Waals surface area contributed by atoms with Gasteiger partial charge in [-0.15, -0.1) is 0 Å². The Morgan fingerprint density at radius 3 is 2.85 bits per heavy atom. The molecule has 0 bridgehead atoms. The molecule has 20 heavy (non-hydrogen) atoms. The second kappa shape index (κ2) is 6.33. The zero-order valence-corrected chi connectivity index (χ0v) is 13.0. The van der Waals surface area contributed by atoms with Gasteiger partial charge in [0.2, 0.25) is 0 Å². The van der Waals surface area contributed by atoms with E-state index in [1.807, 2.05) is 17.9 Å². The van der Waals surface area contributed by atoms with Crippen molar-refractivity contribution >= 4 is 29.2 Å². The lowest BCUT2D eigenvalue weighted by Crippen LogP contribution is -2.50. The van der Waals surface area contributed by atoms with Crippen molar-refractivity contribution in [1.29, 1.82) is 0 Å². The van der Waals surface area contributed by atoms with E-state index in [4.69, 9.17) is 23.2 Å². The fourth-order valence-electron chi connectivity index (χ4n) is 3.08. The van der Waals surface area contributed by atoms with Crippen molar-refractivity contribution in [1.82, 2.24) is 4.90 Å². The summed E-state index contributed by atoms with van der Waals surface area (Å²) in [5.74, 6) is -0.727. The van der Waals surface area contributed by atoms with Crippen LogP contribution in [0.5, 0.6) is 0 Å². The summed E-state index contributed by atoms with van der Waals surface area (Å²) in [6.45, 7) is 3.34. The van der Waals surface area contributed by atoms with Gasteiger partial charge >= 0.3 is 5.97 Å². The van der Waals surface area contributed by atoms with Crippen LogP contribution in [0.15, 0.2) is 18.2 Å². The Balaban J connectivity index is 2.26. The van der Waals surface area contributed by atoms with E-state index in [9.17, 15) is 9.90 Å². The molecule has 1 aromatic rings. The van der Waals surface area contributed by atoms with Crippen LogP contribution in [0.1, 0.15) is 38.2 Å². The van der Waals surface area contributed by atoms with Crippen LogP contribution in [0.3, 0.4) is 0 Å². The minimum absolute atomic E-state index is 0.533. The number of hydrogen-bond acceptors (Lipinski definition) is 2. The predicted molar refractivity (Wildman–Crippen MR) is 81.4 cm³/mol. The summed E-state index contributed by atoms with van der Waals surface area (Å²) in [7, 11) is 0.